The van der Waals surface area contributed by atoms with Gasteiger partial charge in [0.05, 0.1) is 18.8 Å². The van der Waals surface area contributed by atoms with Crippen molar-refractivity contribution in [1.29, 1.82) is 0 Å². The van der Waals surface area contributed by atoms with E-state index in [1.54, 1.807) is 23.9 Å². The molecule has 2 N–H and O–H groups in total. The number of ether oxygens (including phenoxy) is 2. The number of amides is 1. The maximum Gasteiger partial charge on any atom is 0.276 e. The van der Waals surface area contributed by atoms with Crippen LogP contribution >= 0.6 is 46.6 Å². The first-order valence-electron chi connectivity index (χ1n) is 11.4. The minimum absolute atomic E-state index is 0.00933. The Morgan fingerprint density at radius 1 is 0.944 bits per heavy atom. The van der Waals surface area contributed by atoms with Crippen LogP contribution in [0.2, 0.25) is 0 Å². The van der Waals surface area contributed by atoms with Gasteiger partial charge >= 0.3 is 0 Å². The molecule has 0 aromatic heterocycles. The predicted molar refractivity (Wildman–Crippen MR) is 145 cm³/mol. The van der Waals surface area contributed by atoms with Crippen LogP contribution in [0, 0.1) is 5.92 Å². The van der Waals surface area contributed by atoms with E-state index >= 15 is 0 Å². The number of hydrogen-bond donors (Lipinski definition) is 2. The maximum absolute atomic E-state index is 12.0. The van der Waals surface area contributed by atoms with Gasteiger partial charge in [-0.1, -0.05) is 96.3 Å². The van der Waals surface area contributed by atoms with Crippen molar-refractivity contribution < 1.29 is 19.4 Å². The van der Waals surface area contributed by atoms with Gasteiger partial charge in [0.2, 0.25) is 0 Å². The topological polar surface area (TPSA) is 67.8 Å². The quantitative estimate of drug-likeness (QED) is 0.236. The molecule has 0 spiro atoms. The van der Waals surface area contributed by atoms with Gasteiger partial charge in [0.25, 0.3) is 9.70 Å². The third kappa shape index (κ3) is 6.95. The van der Waals surface area contributed by atoms with Gasteiger partial charge in [0.15, 0.2) is 6.29 Å². The molecule has 36 heavy (non-hydrogen) atoms. The lowest BCUT2D eigenvalue weighted by Crippen LogP contribution is -2.38. The van der Waals surface area contributed by atoms with Gasteiger partial charge in [-0.25, -0.2) is 0 Å². The molecule has 1 aliphatic rings. The van der Waals surface area contributed by atoms with E-state index in [1.807, 2.05) is 54.6 Å². The van der Waals surface area contributed by atoms with Gasteiger partial charge in [0.1, 0.15) is 0 Å². The van der Waals surface area contributed by atoms with Gasteiger partial charge in [-0.3, -0.25) is 4.79 Å². The van der Waals surface area contributed by atoms with Crippen molar-refractivity contribution in [3.8, 4) is 0 Å². The molecule has 5 nitrogen and oxygen atoms in total. The lowest BCUT2D eigenvalue weighted by molar-refractivity contribution is -0.268. The molecule has 0 radical (unpaired) electrons. The normalized spacial score (nSPS) is 22.2. The van der Waals surface area contributed by atoms with E-state index in [1.165, 1.54) is 4.90 Å². The van der Waals surface area contributed by atoms with Gasteiger partial charge in [0, 0.05) is 27.8 Å². The molecule has 9 heteroatoms. The predicted octanol–water partition coefficient (Wildman–Crippen LogP) is 7.07. The van der Waals surface area contributed by atoms with Crippen LogP contribution < -0.4 is 5.32 Å². The second kappa shape index (κ2) is 12.2. The van der Waals surface area contributed by atoms with Crippen LogP contribution in [0.5, 0.6) is 0 Å². The molecule has 1 aliphatic heterocycles. The number of alkyl halides is 3. The van der Waals surface area contributed by atoms with Crippen LogP contribution in [0.1, 0.15) is 36.0 Å². The molecule has 1 heterocycles. The van der Waals surface area contributed by atoms with Crippen molar-refractivity contribution in [3.05, 3.63) is 95.6 Å². The maximum atomic E-state index is 12.0. The van der Waals surface area contributed by atoms with Crippen molar-refractivity contribution in [3.63, 3.8) is 0 Å². The van der Waals surface area contributed by atoms with E-state index in [0.29, 0.717) is 5.69 Å². The van der Waals surface area contributed by atoms with Crippen molar-refractivity contribution in [2.45, 2.75) is 40.7 Å². The smallest absolute Gasteiger partial charge is 0.276 e. The molecule has 1 amide bonds. The molecule has 0 aliphatic carbocycles. The van der Waals surface area contributed by atoms with Crippen LogP contribution in [-0.4, -0.2) is 26.7 Å². The Morgan fingerprint density at radius 2 is 1.58 bits per heavy atom. The third-order valence-electron chi connectivity index (χ3n) is 5.98. The summed E-state index contributed by atoms with van der Waals surface area (Å²) in [4.78, 5) is 13.1. The fourth-order valence-corrected chi connectivity index (χ4v) is 5.16. The summed E-state index contributed by atoms with van der Waals surface area (Å²) in [5, 5.41) is 12.0. The molecule has 4 unspecified atom stereocenters. The van der Waals surface area contributed by atoms with Crippen molar-refractivity contribution in [2.24, 2.45) is 5.92 Å². The first-order chi connectivity index (χ1) is 17.2. The summed E-state index contributed by atoms with van der Waals surface area (Å²) in [5.74, 6) is 0.108. The Balaban J connectivity index is 1.55. The largest absolute Gasteiger partial charge is 0.392 e. The number of carbonyl (C=O) groups is 1. The zero-order valence-corrected chi connectivity index (χ0v) is 22.5. The van der Waals surface area contributed by atoms with Crippen LogP contribution in [0.4, 0.5) is 5.69 Å². The van der Waals surface area contributed by atoms with E-state index in [0.717, 1.165) is 22.4 Å². The fraction of sp³-hybridized carbons (Fsp3) is 0.296. The lowest BCUT2D eigenvalue weighted by Gasteiger charge is -2.41. The number of halogens is 3. The highest BCUT2D eigenvalue weighted by atomic mass is 35.6. The van der Waals surface area contributed by atoms with E-state index in [4.69, 9.17) is 44.3 Å². The molecule has 1 saturated heterocycles. The number of thioether (sulfide) groups is 1. The summed E-state index contributed by atoms with van der Waals surface area (Å²) in [5.41, 5.74) is 3.17. The van der Waals surface area contributed by atoms with E-state index in [9.17, 15) is 9.90 Å². The fourth-order valence-electron chi connectivity index (χ4n) is 3.93. The van der Waals surface area contributed by atoms with Gasteiger partial charge in [-0.2, -0.15) is 0 Å². The highest BCUT2D eigenvalue weighted by molar-refractivity contribution is 7.99. The Labute approximate surface area is 230 Å². The van der Waals surface area contributed by atoms with Gasteiger partial charge in [-0.05, 0) is 35.4 Å². The molecule has 0 saturated carbocycles. The third-order valence-corrected chi connectivity index (χ3v) is 7.59. The van der Waals surface area contributed by atoms with Crippen molar-refractivity contribution in [2.75, 3.05) is 11.1 Å². The molecule has 3 aromatic carbocycles. The summed E-state index contributed by atoms with van der Waals surface area (Å²) in [6.07, 6.45) is -0.898. The number of carbonyl (C=O) groups excluding carboxylic acids is 1. The summed E-state index contributed by atoms with van der Waals surface area (Å²) in [6.45, 7) is 2.12. The minimum Gasteiger partial charge on any atom is -0.392 e. The molecular weight excluding hydrogens is 541 g/mol. The Bertz CT molecular complexity index is 1140. The Morgan fingerprint density at radius 3 is 2.19 bits per heavy atom. The highest BCUT2D eigenvalue weighted by Crippen LogP contribution is 2.43. The first kappa shape index (κ1) is 27.3. The average Bonchev–Trinajstić information content (AvgIpc) is 2.89. The van der Waals surface area contributed by atoms with Crippen LogP contribution in [0.25, 0.3) is 0 Å². The second-order valence-electron chi connectivity index (χ2n) is 8.52. The number of rotatable bonds is 7. The summed E-state index contributed by atoms with van der Waals surface area (Å²) in [7, 11) is 0. The zero-order chi connectivity index (χ0) is 25.7. The standard InChI is InChI=1S/C27H26Cl3NO4S/c1-17-23(16-36-22-5-3-2-4-6-22)34-25(35-24(17)19-9-7-18(15-32)8-10-19)20-11-13-21(14-12-20)31-26(33)27(28,29)30/h2-14,17,23-25,32H,15-16H2,1H3,(H,31,33). The summed E-state index contributed by atoms with van der Waals surface area (Å²) < 4.78 is 10.9. The van der Waals surface area contributed by atoms with Crippen LogP contribution in [-0.2, 0) is 20.9 Å². The molecule has 3 aromatic rings. The van der Waals surface area contributed by atoms with Gasteiger partial charge < -0.3 is 19.9 Å². The van der Waals surface area contributed by atoms with E-state index < -0.39 is 16.0 Å². The Kier molecular flexibility index (Phi) is 9.23. The monoisotopic (exact) mass is 565 g/mol. The van der Waals surface area contributed by atoms with Crippen molar-refractivity contribution >= 4 is 58.2 Å². The SMILES string of the molecule is CC1C(CSc2ccccc2)OC(c2ccc(NC(=O)C(Cl)(Cl)Cl)cc2)OC1c1ccc(CO)cc1. The van der Waals surface area contributed by atoms with E-state index in [2.05, 4.69) is 24.4 Å². The van der Waals surface area contributed by atoms with Crippen LogP contribution in [0.3, 0.4) is 0 Å². The summed E-state index contributed by atoms with van der Waals surface area (Å²) in [6, 6.07) is 25.1. The highest BCUT2D eigenvalue weighted by Gasteiger charge is 2.38. The number of aliphatic hydroxyl groups is 1. The molecule has 190 valence electrons. The number of hydrogen-bond acceptors (Lipinski definition) is 5. The zero-order valence-electron chi connectivity index (χ0n) is 19.4. The van der Waals surface area contributed by atoms with Crippen molar-refractivity contribution in [1.82, 2.24) is 0 Å². The lowest BCUT2D eigenvalue weighted by atomic mass is 9.91. The molecule has 4 atom stereocenters. The molecule has 0 bridgehead atoms. The van der Waals surface area contributed by atoms with E-state index in [-0.39, 0.29) is 24.7 Å². The average molecular weight is 567 g/mol. The number of benzene rings is 3. The molecular formula is C27H26Cl3NO4S. The number of anilines is 1. The minimum atomic E-state index is -2.05. The number of aliphatic hydroxyl groups excluding tert-OH is 1. The number of nitrogens with one attached hydrogen (secondary N) is 1. The first-order valence-corrected chi connectivity index (χ1v) is 13.5. The van der Waals surface area contributed by atoms with Crippen LogP contribution in [0.15, 0.2) is 83.8 Å². The molecule has 1 fully saturated rings. The van der Waals surface area contributed by atoms with Gasteiger partial charge in [-0.15, -0.1) is 11.8 Å². The summed E-state index contributed by atoms with van der Waals surface area (Å²) >= 11 is 18.7. The Hall–Kier alpha value is -1.77. The molecule has 4 rings (SSSR count). The second-order valence-corrected chi connectivity index (χ2v) is 11.9.